The van der Waals surface area contributed by atoms with Crippen LogP contribution < -0.4 is 0 Å². The monoisotopic (exact) mass is 328 g/mol. The molecule has 1 aliphatic carbocycles. The molecule has 0 heterocycles. The van der Waals surface area contributed by atoms with Crippen molar-refractivity contribution >= 4 is 20.1 Å². The second-order valence-corrected chi connectivity index (χ2v) is 13.1. The average molecular weight is 329 g/mol. The Balaban J connectivity index is 3.09. The van der Waals surface area contributed by atoms with Crippen LogP contribution in [0, 0.1) is 17.8 Å². The van der Waals surface area contributed by atoms with Crippen LogP contribution in [-0.4, -0.2) is 33.3 Å². The van der Waals surface area contributed by atoms with Crippen LogP contribution >= 0.6 is 0 Å². The standard InChI is InChI=1S/C17H32O4Si/c1-11(2)15-13(16(19)20-6)9-12(18)10-14(15)21-22(7,8)17(3,4)5/h11,13-15H,9-10H2,1-8H3/t13-,14-,15+/m1/s1. The Hall–Kier alpha value is -0.683. The summed E-state index contributed by atoms with van der Waals surface area (Å²) >= 11 is 0. The predicted molar refractivity (Wildman–Crippen MR) is 90.1 cm³/mol. The lowest BCUT2D eigenvalue weighted by Crippen LogP contribution is -2.51. The van der Waals surface area contributed by atoms with Gasteiger partial charge in [0.15, 0.2) is 8.32 Å². The van der Waals surface area contributed by atoms with E-state index < -0.39 is 8.32 Å². The number of esters is 1. The van der Waals surface area contributed by atoms with Gasteiger partial charge >= 0.3 is 5.97 Å². The normalized spacial score (nSPS) is 27.1. The molecule has 0 aromatic carbocycles. The van der Waals surface area contributed by atoms with Crippen LogP contribution in [0.3, 0.4) is 0 Å². The van der Waals surface area contributed by atoms with Gasteiger partial charge in [0.05, 0.1) is 19.1 Å². The molecule has 4 nitrogen and oxygen atoms in total. The number of rotatable bonds is 4. The molecule has 22 heavy (non-hydrogen) atoms. The summed E-state index contributed by atoms with van der Waals surface area (Å²) in [5, 5.41) is 0.0792. The van der Waals surface area contributed by atoms with Crippen molar-refractivity contribution < 1.29 is 18.8 Å². The third-order valence-corrected chi connectivity index (χ3v) is 9.80. The van der Waals surface area contributed by atoms with Crippen LogP contribution in [0.25, 0.3) is 0 Å². The van der Waals surface area contributed by atoms with E-state index >= 15 is 0 Å². The van der Waals surface area contributed by atoms with E-state index in [-0.39, 0.29) is 47.1 Å². The highest BCUT2D eigenvalue weighted by Crippen LogP contribution is 2.43. The minimum Gasteiger partial charge on any atom is -0.469 e. The number of methoxy groups -OCH3 is 1. The number of hydrogen-bond acceptors (Lipinski definition) is 4. The zero-order valence-corrected chi connectivity index (χ0v) is 16.4. The molecule has 0 aromatic heterocycles. The third-order valence-electron chi connectivity index (χ3n) is 5.30. The van der Waals surface area contributed by atoms with Crippen LogP contribution in [-0.2, 0) is 18.8 Å². The van der Waals surface area contributed by atoms with Crippen molar-refractivity contribution in [2.24, 2.45) is 17.8 Å². The summed E-state index contributed by atoms with van der Waals surface area (Å²) in [5.74, 6) is -0.237. The number of ketones is 1. The summed E-state index contributed by atoms with van der Waals surface area (Å²) in [4.78, 5) is 24.3. The summed E-state index contributed by atoms with van der Waals surface area (Å²) in [7, 11) is -0.597. The van der Waals surface area contributed by atoms with E-state index in [9.17, 15) is 9.59 Å². The molecule has 128 valence electrons. The predicted octanol–water partition coefficient (Wildman–Crippen LogP) is 3.80. The van der Waals surface area contributed by atoms with Crippen LogP contribution in [0.2, 0.25) is 18.1 Å². The highest BCUT2D eigenvalue weighted by Gasteiger charge is 2.47. The number of hydrogen-bond donors (Lipinski definition) is 0. The smallest absolute Gasteiger partial charge is 0.309 e. The van der Waals surface area contributed by atoms with Crippen LogP contribution in [0.5, 0.6) is 0 Å². The molecule has 0 aromatic rings. The SMILES string of the molecule is COC(=O)[C@@H]1CC(=O)C[C@@H](O[Si](C)(C)C(C)(C)C)[C@H]1C(C)C. The molecule has 1 aliphatic rings. The highest BCUT2D eigenvalue weighted by atomic mass is 28.4. The summed E-state index contributed by atoms with van der Waals surface area (Å²) < 4.78 is 11.5. The lowest BCUT2D eigenvalue weighted by Gasteiger charge is -2.45. The highest BCUT2D eigenvalue weighted by molar-refractivity contribution is 6.74. The van der Waals surface area contributed by atoms with Crippen molar-refractivity contribution in [3.8, 4) is 0 Å². The van der Waals surface area contributed by atoms with Gasteiger partial charge in [-0.1, -0.05) is 34.6 Å². The zero-order chi connectivity index (χ0) is 17.3. The Morgan fingerprint density at radius 3 is 2.18 bits per heavy atom. The molecule has 1 saturated carbocycles. The molecule has 0 amide bonds. The summed E-state index contributed by atoms with van der Waals surface area (Å²) in [6, 6.07) is 0. The Bertz CT molecular complexity index is 423. The van der Waals surface area contributed by atoms with Crippen LogP contribution in [0.4, 0.5) is 0 Å². The van der Waals surface area contributed by atoms with Gasteiger partial charge in [0.1, 0.15) is 5.78 Å². The fourth-order valence-corrected chi connectivity index (χ4v) is 4.40. The Morgan fingerprint density at radius 2 is 1.77 bits per heavy atom. The Kier molecular flexibility index (Phi) is 6.01. The number of carbonyl (C=O) groups is 2. The quantitative estimate of drug-likeness (QED) is 0.582. The van der Waals surface area contributed by atoms with Gasteiger partial charge in [-0.15, -0.1) is 0 Å². The molecule has 1 rings (SSSR count). The van der Waals surface area contributed by atoms with Crippen molar-refractivity contribution in [3.63, 3.8) is 0 Å². The maximum Gasteiger partial charge on any atom is 0.309 e. The van der Waals surface area contributed by atoms with Gasteiger partial charge in [-0.05, 0) is 24.1 Å². The molecular formula is C17H32O4Si. The summed E-state index contributed by atoms with van der Waals surface area (Å²) in [6.45, 7) is 15.1. The molecule has 0 bridgehead atoms. The molecule has 0 radical (unpaired) electrons. The summed E-state index contributed by atoms with van der Waals surface area (Å²) in [5.41, 5.74) is 0. The average Bonchev–Trinajstić information content (AvgIpc) is 2.34. The fourth-order valence-electron chi connectivity index (χ4n) is 3.05. The Labute approximate surface area is 136 Å². The van der Waals surface area contributed by atoms with Gasteiger partial charge in [-0.2, -0.15) is 0 Å². The molecular weight excluding hydrogens is 296 g/mol. The minimum atomic E-state index is -1.99. The van der Waals surface area contributed by atoms with Crippen molar-refractivity contribution in [2.45, 2.75) is 71.7 Å². The molecule has 1 fully saturated rings. The van der Waals surface area contributed by atoms with Crippen LogP contribution in [0.15, 0.2) is 0 Å². The summed E-state index contributed by atoms with van der Waals surface area (Å²) in [6.07, 6.45) is 0.529. The van der Waals surface area contributed by atoms with Crippen LogP contribution in [0.1, 0.15) is 47.5 Å². The molecule has 0 saturated heterocycles. The Morgan fingerprint density at radius 1 is 1.23 bits per heavy atom. The van der Waals surface area contributed by atoms with E-state index in [1.165, 1.54) is 7.11 Å². The second kappa shape index (κ2) is 6.83. The van der Waals surface area contributed by atoms with Gasteiger partial charge in [-0.25, -0.2) is 0 Å². The third kappa shape index (κ3) is 4.19. The minimum absolute atomic E-state index is 0.0410. The molecule has 0 unspecified atom stereocenters. The van der Waals surface area contributed by atoms with Gasteiger partial charge in [0, 0.05) is 18.8 Å². The van der Waals surface area contributed by atoms with E-state index in [1.54, 1.807) is 0 Å². The van der Waals surface area contributed by atoms with E-state index in [0.717, 1.165) is 0 Å². The lowest BCUT2D eigenvalue weighted by molar-refractivity contribution is -0.156. The fraction of sp³-hybridized carbons (Fsp3) is 0.882. The maximum absolute atomic E-state index is 12.1. The molecule has 5 heteroatoms. The zero-order valence-electron chi connectivity index (χ0n) is 15.4. The first-order chi connectivity index (χ1) is 9.90. The molecule has 0 spiro atoms. The first kappa shape index (κ1) is 19.4. The van der Waals surface area contributed by atoms with Crippen molar-refractivity contribution in [1.82, 2.24) is 0 Å². The number of Topliss-reactive ketones (excluding diaryl/α,β-unsaturated/α-hetero) is 1. The second-order valence-electron chi connectivity index (χ2n) is 8.31. The first-order valence-electron chi connectivity index (χ1n) is 8.18. The van der Waals surface area contributed by atoms with E-state index in [0.29, 0.717) is 6.42 Å². The maximum atomic E-state index is 12.1. The van der Waals surface area contributed by atoms with Gasteiger partial charge in [-0.3, -0.25) is 9.59 Å². The molecule has 3 atom stereocenters. The number of carbonyl (C=O) groups excluding carboxylic acids is 2. The first-order valence-corrected chi connectivity index (χ1v) is 11.1. The van der Waals surface area contributed by atoms with E-state index in [2.05, 4.69) is 47.7 Å². The molecule has 0 N–H and O–H groups in total. The van der Waals surface area contributed by atoms with E-state index in [4.69, 9.17) is 9.16 Å². The topological polar surface area (TPSA) is 52.6 Å². The largest absolute Gasteiger partial charge is 0.469 e. The van der Waals surface area contributed by atoms with E-state index in [1.807, 2.05) is 0 Å². The van der Waals surface area contributed by atoms with Gasteiger partial charge in [0.2, 0.25) is 0 Å². The van der Waals surface area contributed by atoms with Crippen molar-refractivity contribution in [3.05, 3.63) is 0 Å². The number of ether oxygens (including phenoxy) is 1. The lowest BCUT2D eigenvalue weighted by atomic mass is 9.71. The van der Waals surface area contributed by atoms with Crippen molar-refractivity contribution in [1.29, 1.82) is 0 Å². The van der Waals surface area contributed by atoms with Crippen molar-refractivity contribution in [2.75, 3.05) is 7.11 Å². The van der Waals surface area contributed by atoms with Gasteiger partial charge in [0.25, 0.3) is 0 Å². The molecule has 0 aliphatic heterocycles. The van der Waals surface area contributed by atoms with Gasteiger partial charge < -0.3 is 9.16 Å².